The van der Waals surface area contributed by atoms with Gasteiger partial charge in [0.2, 0.25) is 0 Å². The monoisotopic (exact) mass is 234 g/mol. The zero-order valence-corrected chi connectivity index (χ0v) is 11.0. The van der Waals surface area contributed by atoms with E-state index in [0.29, 0.717) is 5.54 Å². The number of piperazine rings is 1. The Kier molecular flexibility index (Phi) is 3.27. The van der Waals surface area contributed by atoms with Gasteiger partial charge in [-0.15, -0.1) is 6.58 Å². The Bertz CT molecular complexity index is 277. The molecule has 17 heavy (non-hydrogen) atoms. The van der Waals surface area contributed by atoms with Gasteiger partial charge in [-0.05, 0) is 31.6 Å². The summed E-state index contributed by atoms with van der Waals surface area (Å²) in [6.45, 7) is 7.51. The molecule has 3 fully saturated rings. The second-order valence-electron chi connectivity index (χ2n) is 6.34. The third kappa shape index (κ3) is 2.43. The van der Waals surface area contributed by atoms with Crippen molar-refractivity contribution < 1.29 is 0 Å². The fraction of sp³-hybridized carbons (Fsp3) is 0.867. The first kappa shape index (κ1) is 11.7. The van der Waals surface area contributed by atoms with E-state index in [2.05, 4.69) is 22.9 Å². The van der Waals surface area contributed by atoms with Crippen LogP contribution in [0.5, 0.6) is 0 Å². The van der Waals surface area contributed by atoms with Crippen LogP contribution in [-0.2, 0) is 0 Å². The molecule has 1 unspecified atom stereocenters. The maximum Gasteiger partial charge on any atom is 0.0309 e. The molecule has 1 N–H and O–H groups in total. The summed E-state index contributed by atoms with van der Waals surface area (Å²) in [5, 5.41) is 3.92. The second kappa shape index (κ2) is 4.74. The average molecular weight is 234 g/mol. The summed E-state index contributed by atoms with van der Waals surface area (Å²) in [6.07, 6.45) is 12.1. The van der Waals surface area contributed by atoms with Gasteiger partial charge in [0.1, 0.15) is 0 Å². The Morgan fingerprint density at radius 1 is 1.24 bits per heavy atom. The number of rotatable bonds is 3. The quantitative estimate of drug-likeness (QED) is 0.755. The molecule has 3 aliphatic rings. The van der Waals surface area contributed by atoms with Crippen LogP contribution in [0.15, 0.2) is 12.7 Å². The molecular formula is C15H26N2. The molecule has 1 saturated heterocycles. The van der Waals surface area contributed by atoms with Crippen LogP contribution < -0.4 is 5.32 Å². The normalized spacial score (nSPS) is 33.8. The molecule has 2 saturated carbocycles. The molecule has 1 heterocycles. The Balaban J connectivity index is 1.68. The van der Waals surface area contributed by atoms with E-state index in [1.807, 2.05) is 0 Å². The molecule has 2 nitrogen and oxygen atoms in total. The van der Waals surface area contributed by atoms with Gasteiger partial charge in [0.25, 0.3) is 0 Å². The summed E-state index contributed by atoms with van der Waals surface area (Å²) in [5.41, 5.74) is 0.451. The topological polar surface area (TPSA) is 15.3 Å². The number of hydrogen-bond donors (Lipinski definition) is 1. The Labute approximate surface area is 105 Å². The van der Waals surface area contributed by atoms with E-state index in [1.165, 1.54) is 58.0 Å². The molecule has 2 heteroatoms. The number of nitrogens with one attached hydrogen (secondary N) is 1. The van der Waals surface area contributed by atoms with Gasteiger partial charge in [0.05, 0.1) is 0 Å². The van der Waals surface area contributed by atoms with Crippen LogP contribution in [0.4, 0.5) is 0 Å². The lowest BCUT2D eigenvalue weighted by Crippen LogP contribution is -2.65. The molecule has 1 atom stereocenters. The highest BCUT2D eigenvalue weighted by molar-refractivity contribution is 5.04. The molecule has 0 aromatic rings. The fourth-order valence-electron chi connectivity index (χ4n) is 3.89. The first-order valence-electron chi connectivity index (χ1n) is 7.43. The zero-order valence-electron chi connectivity index (χ0n) is 11.0. The fourth-order valence-corrected chi connectivity index (χ4v) is 3.89. The van der Waals surface area contributed by atoms with Crippen LogP contribution in [0.2, 0.25) is 0 Å². The first-order valence-corrected chi connectivity index (χ1v) is 7.43. The van der Waals surface area contributed by atoms with Crippen LogP contribution in [0, 0.1) is 5.92 Å². The average Bonchev–Trinajstić information content (AvgIpc) is 3.15. The smallest absolute Gasteiger partial charge is 0.0309 e. The highest BCUT2D eigenvalue weighted by Crippen LogP contribution is 2.39. The third-order valence-corrected chi connectivity index (χ3v) is 5.00. The lowest BCUT2D eigenvalue weighted by molar-refractivity contribution is 0.0553. The molecule has 0 bridgehead atoms. The Morgan fingerprint density at radius 3 is 2.65 bits per heavy atom. The number of nitrogens with zero attached hydrogens (tertiary/aromatic N) is 1. The van der Waals surface area contributed by atoms with Crippen molar-refractivity contribution in [2.45, 2.75) is 56.5 Å². The standard InChI is InChI=1S/C15H26N2/c1-2-10-17-12-15(8-4-3-5-9-15)16-11-14(17)13-6-7-13/h2,13-14,16H,1,3-12H2. The van der Waals surface area contributed by atoms with Crippen molar-refractivity contribution in [3.05, 3.63) is 12.7 Å². The van der Waals surface area contributed by atoms with Crippen molar-refractivity contribution in [3.63, 3.8) is 0 Å². The third-order valence-electron chi connectivity index (χ3n) is 5.00. The highest BCUT2D eigenvalue weighted by atomic mass is 15.3. The van der Waals surface area contributed by atoms with E-state index in [4.69, 9.17) is 0 Å². The lowest BCUT2D eigenvalue weighted by Gasteiger charge is -2.49. The molecule has 1 spiro atoms. The molecule has 0 amide bonds. The van der Waals surface area contributed by atoms with Crippen LogP contribution >= 0.6 is 0 Å². The molecule has 3 rings (SSSR count). The summed E-state index contributed by atoms with van der Waals surface area (Å²) < 4.78 is 0. The molecule has 96 valence electrons. The highest BCUT2D eigenvalue weighted by Gasteiger charge is 2.44. The second-order valence-corrected chi connectivity index (χ2v) is 6.34. The van der Waals surface area contributed by atoms with E-state index in [9.17, 15) is 0 Å². The summed E-state index contributed by atoms with van der Waals surface area (Å²) in [6, 6.07) is 0.792. The maximum absolute atomic E-state index is 3.94. The van der Waals surface area contributed by atoms with E-state index in [1.54, 1.807) is 0 Å². The molecule has 0 aromatic carbocycles. The Hall–Kier alpha value is -0.340. The lowest BCUT2D eigenvalue weighted by atomic mass is 9.79. The Morgan fingerprint density at radius 2 is 2.00 bits per heavy atom. The van der Waals surface area contributed by atoms with Gasteiger partial charge < -0.3 is 5.32 Å². The van der Waals surface area contributed by atoms with Crippen LogP contribution in [0.25, 0.3) is 0 Å². The number of hydrogen-bond acceptors (Lipinski definition) is 2. The molecule has 0 aromatic heterocycles. The summed E-state index contributed by atoms with van der Waals surface area (Å²) in [4.78, 5) is 2.71. The van der Waals surface area contributed by atoms with Gasteiger partial charge in [0.15, 0.2) is 0 Å². The van der Waals surface area contributed by atoms with Crippen molar-refractivity contribution in [1.29, 1.82) is 0 Å². The maximum atomic E-state index is 3.94. The van der Waals surface area contributed by atoms with Crippen LogP contribution in [-0.4, -0.2) is 36.1 Å². The molecule has 0 radical (unpaired) electrons. The molecule has 1 aliphatic heterocycles. The predicted molar refractivity (Wildman–Crippen MR) is 72.1 cm³/mol. The molecule has 2 aliphatic carbocycles. The van der Waals surface area contributed by atoms with E-state index in [-0.39, 0.29) is 0 Å². The van der Waals surface area contributed by atoms with E-state index < -0.39 is 0 Å². The minimum absolute atomic E-state index is 0.451. The molecular weight excluding hydrogens is 208 g/mol. The summed E-state index contributed by atoms with van der Waals surface area (Å²) in [7, 11) is 0. The van der Waals surface area contributed by atoms with Crippen LogP contribution in [0.3, 0.4) is 0 Å². The van der Waals surface area contributed by atoms with E-state index in [0.717, 1.165) is 18.5 Å². The SMILES string of the molecule is C=CCN1CC2(CCCCC2)NCC1C1CC1. The van der Waals surface area contributed by atoms with Gasteiger partial charge in [-0.3, -0.25) is 4.90 Å². The van der Waals surface area contributed by atoms with Crippen molar-refractivity contribution in [2.24, 2.45) is 5.92 Å². The minimum Gasteiger partial charge on any atom is -0.308 e. The van der Waals surface area contributed by atoms with Crippen molar-refractivity contribution in [2.75, 3.05) is 19.6 Å². The zero-order chi connectivity index (χ0) is 11.7. The van der Waals surface area contributed by atoms with Crippen molar-refractivity contribution in [3.8, 4) is 0 Å². The van der Waals surface area contributed by atoms with E-state index >= 15 is 0 Å². The summed E-state index contributed by atoms with van der Waals surface area (Å²) >= 11 is 0. The van der Waals surface area contributed by atoms with Gasteiger partial charge >= 0.3 is 0 Å². The van der Waals surface area contributed by atoms with Crippen LogP contribution in [0.1, 0.15) is 44.9 Å². The minimum atomic E-state index is 0.451. The first-order chi connectivity index (χ1) is 8.33. The van der Waals surface area contributed by atoms with Gasteiger partial charge in [-0.1, -0.05) is 25.3 Å². The largest absolute Gasteiger partial charge is 0.308 e. The van der Waals surface area contributed by atoms with Gasteiger partial charge in [0, 0.05) is 31.2 Å². The van der Waals surface area contributed by atoms with Gasteiger partial charge in [-0.2, -0.15) is 0 Å². The summed E-state index contributed by atoms with van der Waals surface area (Å²) in [5.74, 6) is 0.975. The predicted octanol–water partition coefficient (Wildman–Crippen LogP) is 2.56. The van der Waals surface area contributed by atoms with Crippen molar-refractivity contribution in [1.82, 2.24) is 10.2 Å². The van der Waals surface area contributed by atoms with Gasteiger partial charge in [-0.25, -0.2) is 0 Å². The van der Waals surface area contributed by atoms with Crippen molar-refractivity contribution >= 4 is 0 Å².